The van der Waals surface area contributed by atoms with Crippen molar-refractivity contribution in [2.45, 2.75) is 72.1 Å². The molecule has 0 amide bonds. The van der Waals surface area contributed by atoms with Crippen LogP contribution >= 0.6 is 0 Å². The van der Waals surface area contributed by atoms with Gasteiger partial charge in [0.1, 0.15) is 0 Å². The third kappa shape index (κ3) is 3.76. The van der Waals surface area contributed by atoms with E-state index in [1.54, 1.807) is 0 Å². The molecular weight excluding hydrogens is 194 g/mol. The summed E-state index contributed by atoms with van der Waals surface area (Å²) in [7, 11) is 0. The summed E-state index contributed by atoms with van der Waals surface area (Å²) in [5.41, 5.74) is 6.59. The molecule has 96 valence electrons. The van der Waals surface area contributed by atoms with Gasteiger partial charge in [-0.05, 0) is 43.1 Å². The van der Waals surface area contributed by atoms with Gasteiger partial charge in [-0.2, -0.15) is 0 Å². The lowest BCUT2D eigenvalue weighted by Crippen LogP contribution is -2.37. The number of hydrogen-bond donors (Lipinski definition) is 1. The van der Waals surface area contributed by atoms with E-state index in [-0.39, 0.29) is 0 Å². The Balaban J connectivity index is 2.54. The van der Waals surface area contributed by atoms with Crippen LogP contribution in [0.4, 0.5) is 0 Å². The van der Waals surface area contributed by atoms with E-state index in [1.165, 1.54) is 51.4 Å². The Labute approximate surface area is 102 Å². The monoisotopic (exact) mass is 225 g/mol. The zero-order valence-corrected chi connectivity index (χ0v) is 11.6. The zero-order valence-electron chi connectivity index (χ0n) is 11.6. The molecule has 0 heterocycles. The van der Waals surface area contributed by atoms with Gasteiger partial charge in [0.25, 0.3) is 0 Å². The Morgan fingerprint density at radius 1 is 1.38 bits per heavy atom. The minimum absolute atomic E-state index is 0.494. The van der Waals surface area contributed by atoms with Gasteiger partial charge in [-0.15, -0.1) is 0 Å². The van der Waals surface area contributed by atoms with Crippen LogP contribution in [0.3, 0.4) is 0 Å². The molecule has 1 nitrogen and oxygen atoms in total. The minimum atomic E-state index is 0.494. The Morgan fingerprint density at radius 2 is 2.12 bits per heavy atom. The van der Waals surface area contributed by atoms with Crippen LogP contribution in [0, 0.1) is 17.3 Å². The molecule has 0 spiro atoms. The smallest absolute Gasteiger partial charge is 0.00203 e. The zero-order chi connectivity index (χ0) is 12.0. The van der Waals surface area contributed by atoms with E-state index in [0.717, 1.165) is 18.4 Å². The van der Waals surface area contributed by atoms with Crippen molar-refractivity contribution in [3.63, 3.8) is 0 Å². The SMILES string of the molecule is CCCC(C)CC1(CN)CCCC(CC)C1. The van der Waals surface area contributed by atoms with Gasteiger partial charge in [-0.25, -0.2) is 0 Å². The molecule has 1 aliphatic rings. The molecular formula is C15H31N. The lowest BCUT2D eigenvalue weighted by Gasteiger charge is -2.42. The van der Waals surface area contributed by atoms with E-state index in [2.05, 4.69) is 20.8 Å². The molecule has 0 saturated heterocycles. The summed E-state index contributed by atoms with van der Waals surface area (Å²) in [6.07, 6.45) is 11.0. The number of hydrogen-bond acceptors (Lipinski definition) is 1. The van der Waals surface area contributed by atoms with E-state index in [0.29, 0.717) is 5.41 Å². The molecule has 0 bridgehead atoms. The van der Waals surface area contributed by atoms with Gasteiger partial charge in [-0.1, -0.05) is 52.9 Å². The van der Waals surface area contributed by atoms with Crippen LogP contribution in [0.2, 0.25) is 0 Å². The standard InChI is InChI=1S/C15H31N/c1-4-7-13(3)10-15(12-16)9-6-8-14(5-2)11-15/h13-14H,4-12,16H2,1-3H3. The van der Waals surface area contributed by atoms with Crippen molar-refractivity contribution in [1.29, 1.82) is 0 Å². The first-order chi connectivity index (χ1) is 7.65. The van der Waals surface area contributed by atoms with Crippen molar-refractivity contribution >= 4 is 0 Å². The highest BCUT2D eigenvalue weighted by Crippen LogP contribution is 2.44. The van der Waals surface area contributed by atoms with Crippen LogP contribution in [-0.4, -0.2) is 6.54 Å². The fourth-order valence-electron chi connectivity index (χ4n) is 3.72. The average molecular weight is 225 g/mol. The van der Waals surface area contributed by atoms with Gasteiger partial charge < -0.3 is 5.73 Å². The molecule has 3 atom stereocenters. The van der Waals surface area contributed by atoms with Gasteiger partial charge in [-0.3, -0.25) is 0 Å². The summed E-state index contributed by atoms with van der Waals surface area (Å²) >= 11 is 0. The molecule has 0 aliphatic heterocycles. The first-order valence-electron chi connectivity index (χ1n) is 7.36. The third-order valence-corrected chi connectivity index (χ3v) is 4.61. The van der Waals surface area contributed by atoms with Crippen molar-refractivity contribution < 1.29 is 0 Å². The summed E-state index contributed by atoms with van der Waals surface area (Å²) in [6, 6.07) is 0. The predicted molar refractivity (Wildman–Crippen MR) is 72.4 cm³/mol. The van der Waals surface area contributed by atoms with Gasteiger partial charge >= 0.3 is 0 Å². The van der Waals surface area contributed by atoms with Crippen LogP contribution < -0.4 is 5.73 Å². The average Bonchev–Trinajstić information content (AvgIpc) is 2.29. The van der Waals surface area contributed by atoms with Gasteiger partial charge in [0.05, 0.1) is 0 Å². The van der Waals surface area contributed by atoms with Gasteiger partial charge in [0.2, 0.25) is 0 Å². The second kappa shape index (κ2) is 6.64. The molecule has 2 N–H and O–H groups in total. The van der Waals surface area contributed by atoms with Crippen LogP contribution in [0.25, 0.3) is 0 Å². The van der Waals surface area contributed by atoms with E-state index in [9.17, 15) is 0 Å². The Kier molecular flexibility index (Phi) is 5.82. The summed E-state index contributed by atoms with van der Waals surface area (Å²) < 4.78 is 0. The highest BCUT2D eigenvalue weighted by Gasteiger charge is 2.35. The van der Waals surface area contributed by atoms with Crippen LogP contribution in [0.5, 0.6) is 0 Å². The summed E-state index contributed by atoms with van der Waals surface area (Å²) in [5.74, 6) is 1.82. The van der Waals surface area contributed by atoms with E-state index in [1.807, 2.05) is 0 Å². The highest BCUT2D eigenvalue weighted by molar-refractivity contribution is 4.88. The van der Waals surface area contributed by atoms with Crippen molar-refractivity contribution in [3.05, 3.63) is 0 Å². The van der Waals surface area contributed by atoms with Crippen molar-refractivity contribution in [1.82, 2.24) is 0 Å². The molecule has 1 saturated carbocycles. The molecule has 0 aromatic carbocycles. The lowest BCUT2D eigenvalue weighted by molar-refractivity contribution is 0.109. The van der Waals surface area contributed by atoms with Crippen LogP contribution in [-0.2, 0) is 0 Å². The molecule has 16 heavy (non-hydrogen) atoms. The number of nitrogens with two attached hydrogens (primary N) is 1. The molecule has 0 radical (unpaired) electrons. The fourth-order valence-corrected chi connectivity index (χ4v) is 3.72. The maximum atomic E-state index is 6.10. The normalized spacial score (nSPS) is 32.6. The van der Waals surface area contributed by atoms with Crippen molar-refractivity contribution in [3.8, 4) is 0 Å². The van der Waals surface area contributed by atoms with E-state index >= 15 is 0 Å². The van der Waals surface area contributed by atoms with Crippen molar-refractivity contribution in [2.75, 3.05) is 6.54 Å². The van der Waals surface area contributed by atoms with Crippen molar-refractivity contribution in [2.24, 2.45) is 23.0 Å². The molecule has 1 fully saturated rings. The molecule has 0 aromatic heterocycles. The van der Waals surface area contributed by atoms with Gasteiger partial charge in [0, 0.05) is 0 Å². The quantitative estimate of drug-likeness (QED) is 0.714. The Hall–Kier alpha value is -0.0400. The van der Waals surface area contributed by atoms with Crippen LogP contribution in [0.1, 0.15) is 72.1 Å². The minimum Gasteiger partial charge on any atom is -0.330 e. The molecule has 3 unspecified atom stereocenters. The number of rotatable bonds is 6. The maximum absolute atomic E-state index is 6.10. The molecule has 0 aromatic rings. The predicted octanol–water partition coefficient (Wildman–Crippen LogP) is 4.36. The van der Waals surface area contributed by atoms with E-state index in [4.69, 9.17) is 5.73 Å². The lowest BCUT2D eigenvalue weighted by atomic mass is 9.65. The topological polar surface area (TPSA) is 26.0 Å². The summed E-state index contributed by atoms with van der Waals surface area (Å²) in [4.78, 5) is 0. The highest BCUT2D eigenvalue weighted by atomic mass is 14.6. The van der Waals surface area contributed by atoms with E-state index < -0.39 is 0 Å². The third-order valence-electron chi connectivity index (χ3n) is 4.61. The second-order valence-electron chi connectivity index (χ2n) is 6.17. The van der Waals surface area contributed by atoms with Crippen LogP contribution in [0.15, 0.2) is 0 Å². The largest absolute Gasteiger partial charge is 0.330 e. The van der Waals surface area contributed by atoms with Gasteiger partial charge in [0.15, 0.2) is 0 Å². The fraction of sp³-hybridized carbons (Fsp3) is 1.00. The molecule has 1 rings (SSSR count). The Morgan fingerprint density at radius 3 is 2.69 bits per heavy atom. The summed E-state index contributed by atoms with van der Waals surface area (Å²) in [6.45, 7) is 7.96. The second-order valence-corrected chi connectivity index (χ2v) is 6.17. The first kappa shape index (κ1) is 14.0. The summed E-state index contributed by atoms with van der Waals surface area (Å²) in [5, 5.41) is 0. The first-order valence-corrected chi connectivity index (χ1v) is 7.36. The molecule has 1 heteroatoms. The maximum Gasteiger partial charge on any atom is -0.00203 e. The molecule has 1 aliphatic carbocycles. The Bertz CT molecular complexity index is 190.